The van der Waals surface area contributed by atoms with Gasteiger partial charge in [0.25, 0.3) is 5.91 Å². The number of carbonyl (C=O) groups is 2. The Morgan fingerprint density at radius 1 is 1.03 bits per heavy atom. The lowest BCUT2D eigenvalue weighted by atomic mass is 9.53. The van der Waals surface area contributed by atoms with E-state index in [0.29, 0.717) is 16.4 Å². The van der Waals surface area contributed by atoms with Crippen LogP contribution in [0.25, 0.3) is 0 Å². The topological polar surface area (TPSA) is 71.1 Å². The Bertz CT molecular complexity index is 1280. The Morgan fingerprint density at radius 2 is 1.76 bits per heavy atom. The van der Waals surface area contributed by atoms with Gasteiger partial charge < -0.3 is 5.32 Å². The zero-order valence-corrected chi connectivity index (χ0v) is 22.8. The predicted molar refractivity (Wildman–Crippen MR) is 150 cm³/mol. The van der Waals surface area contributed by atoms with E-state index < -0.39 is 0 Å². The first-order chi connectivity index (χ1) is 17.9. The molecule has 2 amide bonds. The number of benzene rings is 2. The molecular weight excluding hydrogens is 498 g/mol. The van der Waals surface area contributed by atoms with Crippen LogP contribution in [0.3, 0.4) is 0 Å². The van der Waals surface area contributed by atoms with Crippen molar-refractivity contribution in [3.8, 4) is 0 Å². The van der Waals surface area contributed by atoms with E-state index in [4.69, 9.17) is 0 Å². The van der Waals surface area contributed by atoms with Gasteiger partial charge in [-0.1, -0.05) is 42.0 Å². The van der Waals surface area contributed by atoms with Crippen molar-refractivity contribution in [2.24, 2.45) is 17.8 Å². The van der Waals surface area contributed by atoms with Gasteiger partial charge in [0.05, 0.1) is 11.3 Å². The molecule has 1 aromatic heterocycles. The van der Waals surface area contributed by atoms with Gasteiger partial charge in [0.2, 0.25) is 5.91 Å². The third kappa shape index (κ3) is 5.63. The molecule has 1 heterocycles. The summed E-state index contributed by atoms with van der Waals surface area (Å²) < 4.78 is 0. The largest absolute Gasteiger partial charge is 0.350 e. The average molecular weight is 532 g/mol. The van der Waals surface area contributed by atoms with Gasteiger partial charge in [0.15, 0.2) is 5.13 Å². The van der Waals surface area contributed by atoms with Gasteiger partial charge in [-0.2, -0.15) is 0 Å². The number of rotatable bonds is 8. The molecule has 5 nitrogen and oxygen atoms in total. The summed E-state index contributed by atoms with van der Waals surface area (Å²) in [6.07, 6.45) is 10.1. The van der Waals surface area contributed by atoms with Crippen LogP contribution in [-0.4, -0.2) is 28.1 Å². The van der Waals surface area contributed by atoms with Crippen molar-refractivity contribution in [1.82, 2.24) is 10.3 Å². The number of amides is 2. The molecule has 7 rings (SSSR count). The standard InChI is InChI=1S/C30H33N3O2S2/c1-19-5-4-6-20(9-19)13-24-17-31-29(37-24)32-28(35)25-7-2-3-8-26(25)36-18-27(34)33-30-14-21-10-22(15-30)12-23(11-21)16-30/h2-9,17,21-23H,10-16,18H2,1H3,(H,33,34)(H,31,32,35). The van der Waals surface area contributed by atoms with Crippen LogP contribution in [0.5, 0.6) is 0 Å². The maximum Gasteiger partial charge on any atom is 0.258 e. The summed E-state index contributed by atoms with van der Waals surface area (Å²) in [6.45, 7) is 2.09. The van der Waals surface area contributed by atoms with Crippen molar-refractivity contribution < 1.29 is 9.59 Å². The van der Waals surface area contributed by atoms with E-state index in [1.54, 1.807) is 0 Å². The van der Waals surface area contributed by atoms with Crippen molar-refractivity contribution in [2.45, 2.75) is 62.3 Å². The number of hydrogen-bond acceptors (Lipinski definition) is 5. The van der Waals surface area contributed by atoms with Gasteiger partial charge in [0.1, 0.15) is 0 Å². The van der Waals surface area contributed by atoms with Crippen molar-refractivity contribution >= 4 is 40.0 Å². The molecule has 37 heavy (non-hydrogen) atoms. The van der Waals surface area contributed by atoms with E-state index in [0.717, 1.165) is 53.2 Å². The highest BCUT2D eigenvalue weighted by Gasteiger charge is 2.51. The van der Waals surface area contributed by atoms with Crippen LogP contribution in [0, 0.1) is 24.7 Å². The summed E-state index contributed by atoms with van der Waals surface area (Å²) in [5.74, 6) is 2.61. The molecule has 0 saturated heterocycles. The lowest BCUT2D eigenvalue weighted by molar-refractivity contribution is -0.124. The van der Waals surface area contributed by atoms with E-state index in [1.807, 2.05) is 30.5 Å². The molecule has 0 atom stereocenters. The number of nitrogens with one attached hydrogen (secondary N) is 2. The lowest BCUT2D eigenvalue weighted by Gasteiger charge is -2.56. The zero-order valence-electron chi connectivity index (χ0n) is 21.2. The summed E-state index contributed by atoms with van der Waals surface area (Å²) in [7, 11) is 0. The quantitative estimate of drug-likeness (QED) is 0.327. The van der Waals surface area contributed by atoms with E-state index in [1.165, 1.54) is 53.5 Å². The van der Waals surface area contributed by atoms with Crippen molar-refractivity contribution in [2.75, 3.05) is 11.1 Å². The first-order valence-corrected chi connectivity index (χ1v) is 15.1. The summed E-state index contributed by atoms with van der Waals surface area (Å²) in [5, 5.41) is 6.99. The van der Waals surface area contributed by atoms with Crippen molar-refractivity contribution in [1.29, 1.82) is 0 Å². The van der Waals surface area contributed by atoms with E-state index >= 15 is 0 Å². The number of thioether (sulfide) groups is 1. The summed E-state index contributed by atoms with van der Waals surface area (Å²) >= 11 is 2.94. The Labute approximate surface area is 226 Å². The van der Waals surface area contributed by atoms with Gasteiger partial charge in [-0.3, -0.25) is 14.9 Å². The van der Waals surface area contributed by atoms with Gasteiger partial charge in [0, 0.05) is 27.9 Å². The molecule has 2 N–H and O–H groups in total. The highest BCUT2D eigenvalue weighted by molar-refractivity contribution is 8.00. The predicted octanol–water partition coefficient (Wildman–Crippen LogP) is 6.47. The minimum Gasteiger partial charge on any atom is -0.350 e. The SMILES string of the molecule is Cc1cccc(Cc2cnc(NC(=O)c3ccccc3SCC(=O)NC34CC5CC(CC(C5)C3)C4)s2)c1. The second kappa shape index (κ2) is 10.3. The molecule has 2 aromatic carbocycles. The van der Waals surface area contributed by atoms with Crippen molar-refractivity contribution in [3.05, 3.63) is 76.3 Å². The molecule has 4 saturated carbocycles. The number of aryl methyl sites for hydroxylation is 1. The number of nitrogens with zero attached hydrogens (tertiary/aromatic N) is 1. The molecule has 4 fully saturated rings. The monoisotopic (exact) mass is 531 g/mol. The first-order valence-electron chi connectivity index (χ1n) is 13.3. The first kappa shape index (κ1) is 24.7. The molecule has 3 aromatic rings. The molecule has 4 aliphatic rings. The lowest BCUT2D eigenvalue weighted by Crippen LogP contribution is -2.60. The fourth-order valence-corrected chi connectivity index (χ4v) is 8.85. The Hall–Kier alpha value is -2.64. The summed E-state index contributed by atoms with van der Waals surface area (Å²) in [4.78, 5) is 32.5. The number of thiazole rings is 1. The maximum atomic E-state index is 13.1. The Kier molecular flexibility index (Phi) is 6.84. The fraction of sp³-hybridized carbons (Fsp3) is 0.433. The van der Waals surface area contributed by atoms with Crippen LogP contribution in [0.15, 0.2) is 59.6 Å². The molecule has 0 spiro atoms. The summed E-state index contributed by atoms with van der Waals surface area (Å²) in [5.41, 5.74) is 3.06. The average Bonchev–Trinajstić information content (AvgIpc) is 3.28. The molecular formula is C30H33N3O2S2. The van der Waals surface area contributed by atoms with Crippen LogP contribution < -0.4 is 10.6 Å². The third-order valence-electron chi connectivity index (χ3n) is 8.17. The highest BCUT2D eigenvalue weighted by atomic mass is 32.2. The van der Waals surface area contributed by atoms with E-state index in [9.17, 15) is 9.59 Å². The van der Waals surface area contributed by atoms with Crippen LogP contribution in [0.2, 0.25) is 0 Å². The summed E-state index contributed by atoms with van der Waals surface area (Å²) in [6, 6.07) is 15.9. The Morgan fingerprint density at radius 3 is 2.49 bits per heavy atom. The molecule has 4 bridgehead atoms. The number of carbonyl (C=O) groups excluding carboxylic acids is 2. The van der Waals surface area contributed by atoms with E-state index in [-0.39, 0.29) is 17.4 Å². The number of hydrogen-bond donors (Lipinski definition) is 2. The third-order valence-corrected chi connectivity index (χ3v) is 10.2. The van der Waals surface area contributed by atoms with Crippen molar-refractivity contribution in [3.63, 3.8) is 0 Å². The smallest absolute Gasteiger partial charge is 0.258 e. The van der Waals surface area contributed by atoms with Crippen LogP contribution in [-0.2, 0) is 11.2 Å². The van der Waals surface area contributed by atoms with Crippen LogP contribution in [0.1, 0.15) is 64.9 Å². The minimum atomic E-state index is -0.193. The molecule has 0 radical (unpaired) electrons. The Balaban J connectivity index is 1.06. The number of anilines is 1. The molecule has 0 aliphatic heterocycles. The maximum absolute atomic E-state index is 13.1. The van der Waals surface area contributed by atoms with Crippen LogP contribution in [0.4, 0.5) is 5.13 Å². The highest BCUT2D eigenvalue weighted by Crippen LogP contribution is 2.55. The second-order valence-corrected chi connectivity index (χ2v) is 13.4. The van der Waals surface area contributed by atoms with Crippen LogP contribution >= 0.6 is 23.1 Å². The minimum absolute atomic E-state index is 0.0181. The fourth-order valence-electron chi connectivity index (χ4n) is 7.15. The van der Waals surface area contributed by atoms with Gasteiger partial charge in [-0.15, -0.1) is 23.1 Å². The molecule has 0 unspecified atom stereocenters. The molecule has 7 heteroatoms. The molecule has 192 valence electrons. The molecule has 4 aliphatic carbocycles. The zero-order chi connectivity index (χ0) is 25.4. The number of aromatic nitrogens is 1. The van der Waals surface area contributed by atoms with Gasteiger partial charge in [-0.05, 0) is 80.9 Å². The second-order valence-electron chi connectivity index (χ2n) is 11.3. The van der Waals surface area contributed by atoms with Gasteiger partial charge >= 0.3 is 0 Å². The van der Waals surface area contributed by atoms with Gasteiger partial charge in [-0.25, -0.2) is 4.98 Å². The van der Waals surface area contributed by atoms with E-state index in [2.05, 4.69) is 46.8 Å². The normalized spacial score (nSPS) is 25.7.